The Labute approximate surface area is 304 Å². The number of esters is 1. The summed E-state index contributed by atoms with van der Waals surface area (Å²) in [6.45, 7) is 1.64. The second-order valence-corrected chi connectivity index (χ2v) is 13.7. The number of halogens is 4. The van der Waals surface area contributed by atoms with Crippen molar-refractivity contribution < 1.29 is 46.8 Å². The molecule has 274 valence electrons. The first-order valence-electron chi connectivity index (χ1n) is 17.0. The van der Waals surface area contributed by atoms with Gasteiger partial charge >= 0.3 is 12.6 Å². The van der Waals surface area contributed by atoms with E-state index in [2.05, 4.69) is 10.2 Å². The Balaban J connectivity index is 1.25. The molecular weight excluding hydrogens is 711 g/mol. The highest BCUT2D eigenvalue weighted by Crippen LogP contribution is 2.38. The molecule has 15 heteroatoms. The van der Waals surface area contributed by atoms with Crippen LogP contribution in [-0.2, 0) is 15.9 Å². The quantitative estimate of drug-likeness (QED) is 0.101. The molecule has 51 heavy (non-hydrogen) atoms. The average molecular weight is 751 g/mol. The number of amides is 1. The van der Waals surface area contributed by atoms with E-state index in [0.717, 1.165) is 51.2 Å². The minimum atomic E-state index is -3.08. The van der Waals surface area contributed by atoms with Crippen LogP contribution in [0.5, 0.6) is 17.2 Å². The van der Waals surface area contributed by atoms with Crippen LogP contribution >= 0.6 is 23.2 Å². The summed E-state index contributed by atoms with van der Waals surface area (Å²) in [6.07, 6.45) is 5.09. The van der Waals surface area contributed by atoms with Gasteiger partial charge in [-0.3, -0.25) is 9.69 Å². The molecule has 2 saturated carbocycles. The second kappa shape index (κ2) is 17.1. The summed E-state index contributed by atoms with van der Waals surface area (Å²) in [5.41, 5.74) is 1.10. The van der Waals surface area contributed by atoms with Crippen LogP contribution < -0.4 is 24.3 Å². The predicted octanol–water partition coefficient (Wildman–Crippen LogP) is 6.01. The number of carbonyl (C=O) groups is 2. The fourth-order valence-electron chi connectivity index (χ4n) is 5.56. The lowest BCUT2D eigenvalue weighted by Gasteiger charge is -2.26. The maximum Gasteiger partial charge on any atom is 0.387 e. The number of carbonyl (C=O) groups excluding carboxylic acids is 2. The zero-order valence-electron chi connectivity index (χ0n) is 27.8. The Hall–Kier alpha value is -3.91. The highest BCUT2D eigenvalue weighted by atomic mass is 35.5. The lowest BCUT2D eigenvalue weighted by molar-refractivity contribution is -0.605. The molecule has 6 rings (SSSR count). The Morgan fingerprint density at radius 3 is 2.25 bits per heavy atom. The van der Waals surface area contributed by atoms with Crippen molar-refractivity contribution >= 4 is 35.1 Å². The van der Waals surface area contributed by atoms with E-state index >= 15 is 0 Å². The van der Waals surface area contributed by atoms with Gasteiger partial charge in [-0.15, -0.1) is 0 Å². The number of nitrogens with one attached hydrogen (secondary N) is 1. The van der Waals surface area contributed by atoms with Crippen LogP contribution in [0.3, 0.4) is 0 Å². The number of alkyl halides is 2. The van der Waals surface area contributed by atoms with Crippen molar-refractivity contribution in [1.29, 1.82) is 0 Å². The first-order chi connectivity index (χ1) is 24.6. The summed E-state index contributed by atoms with van der Waals surface area (Å²) < 4.78 is 55.0. The number of nitrogens with zero attached hydrogens (tertiary/aromatic N) is 2. The van der Waals surface area contributed by atoms with Gasteiger partial charge in [0, 0.05) is 38.2 Å². The monoisotopic (exact) mass is 749 g/mol. The summed E-state index contributed by atoms with van der Waals surface area (Å²) in [5, 5.41) is 15.0. The Bertz CT molecular complexity index is 1680. The van der Waals surface area contributed by atoms with E-state index < -0.39 is 18.7 Å². The summed E-state index contributed by atoms with van der Waals surface area (Å²) >= 11 is 12.8. The second-order valence-electron chi connectivity index (χ2n) is 12.9. The molecule has 1 atom stereocenters. The van der Waals surface area contributed by atoms with Gasteiger partial charge in [0.1, 0.15) is 21.9 Å². The molecule has 0 unspecified atom stereocenters. The van der Waals surface area contributed by atoms with Gasteiger partial charge in [0.05, 0.1) is 37.6 Å². The number of hydrogen-bond acceptors (Lipinski definition) is 9. The van der Waals surface area contributed by atoms with Crippen LogP contribution in [0.15, 0.2) is 48.8 Å². The van der Waals surface area contributed by atoms with Crippen molar-refractivity contribution in [3.63, 3.8) is 0 Å². The molecule has 3 fully saturated rings. The van der Waals surface area contributed by atoms with Gasteiger partial charge in [-0.25, -0.2) is 4.79 Å². The Morgan fingerprint density at radius 2 is 1.61 bits per heavy atom. The molecule has 0 radical (unpaired) electrons. The first kappa shape index (κ1) is 36.9. The fraction of sp³-hybridized carbons (Fsp3) is 0.472. The van der Waals surface area contributed by atoms with Crippen LogP contribution in [0.4, 0.5) is 8.78 Å². The minimum absolute atomic E-state index is 0.0427. The van der Waals surface area contributed by atoms with Gasteiger partial charge in [0.2, 0.25) is 0 Å². The van der Waals surface area contributed by atoms with Gasteiger partial charge < -0.3 is 34.2 Å². The summed E-state index contributed by atoms with van der Waals surface area (Å²) in [4.78, 5) is 29.3. The molecule has 2 aliphatic carbocycles. The van der Waals surface area contributed by atoms with Crippen LogP contribution in [0.2, 0.25) is 10.0 Å². The third-order valence-corrected chi connectivity index (χ3v) is 9.53. The Morgan fingerprint density at radius 1 is 0.941 bits per heavy atom. The van der Waals surface area contributed by atoms with Crippen molar-refractivity contribution in [2.45, 2.75) is 44.8 Å². The van der Waals surface area contributed by atoms with Crippen molar-refractivity contribution in [3.05, 3.63) is 86.3 Å². The topological polar surface area (TPSA) is 123 Å². The smallest absolute Gasteiger partial charge is 0.387 e. The molecule has 1 aliphatic heterocycles. The molecule has 1 saturated heterocycles. The highest BCUT2D eigenvalue weighted by Gasteiger charge is 2.28. The maximum absolute atomic E-state index is 13.8. The molecule has 0 bridgehead atoms. The summed E-state index contributed by atoms with van der Waals surface area (Å²) in [5.74, 6) is -0.263. The number of hydrogen-bond donors (Lipinski definition) is 1. The molecule has 1 N–H and O–H groups in total. The van der Waals surface area contributed by atoms with E-state index in [1.54, 1.807) is 0 Å². The largest absolute Gasteiger partial charge is 0.619 e. The number of aromatic nitrogens is 1. The van der Waals surface area contributed by atoms with Gasteiger partial charge in [0.15, 0.2) is 23.9 Å². The third-order valence-electron chi connectivity index (χ3n) is 8.87. The van der Waals surface area contributed by atoms with E-state index in [1.165, 1.54) is 36.4 Å². The van der Waals surface area contributed by atoms with Gasteiger partial charge in [-0.1, -0.05) is 29.3 Å². The zero-order chi connectivity index (χ0) is 35.9. The van der Waals surface area contributed by atoms with Crippen LogP contribution in [0.1, 0.15) is 63.6 Å². The Kier molecular flexibility index (Phi) is 12.3. The lowest BCUT2D eigenvalue weighted by atomic mass is 10.0. The number of ether oxygens (including phenoxy) is 5. The van der Waals surface area contributed by atoms with E-state index in [9.17, 15) is 23.6 Å². The predicted molar refractivity (Wildman–Crippen MR) is 183 cm³/mol. The fourth-order valence-corrected chi connectivity index (χ4v) is 6.15. The molecule has 2 heterocycles. The SMILES string of the molecule is O=C(O[C@@H](Cc1c(Cl)c[n+]([O-])cc1Cl)c1ccc(OC(F)F)c(OCC2CC2)c1)c1ccc(C(=O)NCCN2CCOCC2)c(OCC2CC2)c1. The first-order valence-corrected chi connectivity index (χ1v) is 17.7. The molecule has 3 aromatic rings. The number of morpholine rings is 1. The van der Waals surface area contributed by atoms with Crippen LogP contribution in [0, 0.1) is 17.0 Å². The minimum Gasteiger partial charge on any atom is -0.619 e. The molecule has 1 aromatic heterocycles. The van der Waals surface area contributed by atoms with Crippen molar-refractivity contribution in [1.82, 2.24) is 10.2 Å². The maximum atomic E-state index is 13.8. The zero-order valence-corrected chi connectivity index (χ0v) is 29.3. The molecule has 0 spiro atoms. The summed E-state index contributed by atoms with van der Waals surface area (Å²) in [7, 11) is 0. The van der Waals surface area contributed by atoms with Crippen LogP contribution in [0.25, 0.3) is 0 Å². The molecule has 1 amide bonds. The lowest BCUT2D eigenvalue weighted by Crippen LogP contribution is -2.41. The summed E-state index contributed by atoms with van der Waals surface area (Å²) in [6, 6.07) is 8.76. The molecule has 3 aliphatic rings. The van der Waals surface area contributed by atoms with E-state index in [-0.39, 0.29) is 50.7 Å². The number of rotatable bonds is 17. The average Bonchev–Trinajstić information content (AvgIpc) is 4.04. The molecule has 2 aromatic carbocycles. The van der Waals surface area contributed by atoms with E-state index in [0.29, 0.717) is 67.2 Å². The number of pyridine rings is 1. The van der Waals surface area contributed by atoms with E-state index in [1.807, 2.05) is 0 Å². The standard InChI is InChI=1S/C36H39Cl2F2N3O8/c37-28-18-43(46)19-29(38)27(28)17-31(24-6-8-30(51-36(39)40)33(15-24)49-21-23-3-4-23)50-35(45)25-5-7-26(32(16-25)48-20-22-1-2-22)34(44)41-9-10-42-11-13-47-14-12-42/h5-8,15-16,18-19,22-23,31,36H,1-4,9-14,17,20-21H2,(H,41,44)/t31-/m0/s1. The third kappa shape index (κ3) is 10.6. The van der Waals surface area contributed by atoms with Gasteiger partial charge in [-0.2, -0.15) is 13.5 Å². The molecular formula is C36H39Cl2F2N3O8. The highest BCUT2D eigenvalue weighted by molar-refractivity contribution is 6.35. The van der Waals surface area contributed by atoms with Gasteiger partial charge in [0.25, 0.3) is 5.91 Å². The van der Waals surface area contributed by atoms with Crippen molar-refractivity contribution in [2.24, 2.45) is 11.8 Å². The molecule has 11 nitrogen and oxygen atoms in total. The number of benzene rings is 2. The van der Waals surface area contributed by atoms with E-state index in [4.69, 9.17) is 46.9 Å². The van der Waals surface area contributed by atoms with Gasteiger partial charge in [-0.05, 0) is 73.4 Å². The van der Waals surface area contributed by atoms with Crippen LogP contribution in [-0.4, -0.2) is 76.0 Å². The normalized spacial score (nSPS) is 16.8. The van der Waals surface area contributed by atoms with Crippen molar-refractivity contribution in [3.8, 4) is 17.2 Å². The van der Waals surface area contributed by atoms with Crippen molar-refractivity contribution in [2.75, 3.05) is 52.6 Å².